The lowest BCUT2D eigenvalue weighted by molar-refractivity contribution is -0.172. The first-order valence-electron chi connectivity index (χ1n) is 11.8. The Kier molecular flexibility index (Phi) is 4.39. The fourth-order valence-electron chi connectivity index (χ4n) is 6.08. The number of cyclic esters (lactones) is 1. The maximum atomic E-state index is 15.2. The Morgan fingerprint density at radius 3 is 2.76 bits per heavy atom. The molecule has 0 fully saturated rings. The number of rotatable bonds is 2. The van der Waals surface area contributed by atoms with Gasteiger partial charge in [-0.05, 0) is 47.9 Å². The molecule has 0 bridgehead atoms. The van der Waals surface area contributed by atoms with E-state index in [9.17, 15) is 14.7 Å². The summed E-state index contributed by atoms with van der Waals surface area (Å²) < 4.78 is 21.9. The van der Waals surface area contributed by atoms with Gasteiger partial charge in [-0.3, -0.25) is 4.79 Å². The molecule has 2 aromatic heterocycles. The number of aromatic nitrogens is 2. The first kappa shape index (κ1) is 21.4. The van der Waals surface area contributed by atoms with Crippen molar-refractivity contribution in [3.05, 3.63) is 61.7 Å². The fourth-order valence-corrected chi connectivity index (χ4v) is 6.08. The summed E-state index contributed by atoms with van der Waals surface area (Å²) in [5.41, 5.74) is 9.95. The Balaban J connectivity index is 1.69. The smallest absolute Gasteiger partial charge is 0.343 e. The lowest BCUT2D eigenvalue weighted by Crippen LogP contribution is -2.44. The maximum Gasteiger partial charge on any atom is 0.343 e. The van der Waals surface area contributed by atoms with Gasteiger partial charge in [-0.25, -0.2) is 14.2 Å². The van der Waals surface area contributed by atoms with Crippen molar-refractivity contribution >= 4 is 16.9 Å². The molecule has 0 saturated carbocycles. The number of nitrogens with two attached hydrogens (primary N) is 1. The van der Waals surface area contributed by atoms with Crippen molar-refractivity contribution < 1.29 is 19.0 Å². The number of ether oxygens (including phenoxy) is 1. The minimum absolute atomic E-state index is 0.0191. The molecule has 8 heteroatoms. The van der Waals surface area contributed by atoms with Gasteiger partial charge >= 0.3 is 5.97 Å². The number of aliphatic hydroxyl groups is 1. The van der Waals surface area contributed by atoms with E-state index in [-0.39, 0.29) is 54.0 Å². The number of aryl methyl sites for hydroxylation is 1. The van der Waals surface area contributed by atoms with E-state index in [0.717, 1.165) is 22.1 Å². The van der Waals surface area contributed by atoms with E-state index in [4.69, 9.17) is 15.5 Å². The topological polar surface area (TPSA) is 107 Å². The highest BCUT2D eigenvalue weighted by atomic mass is 19.1. The number of pyridine rings is 2. The Labute approximate surface area is 195 Å². The van der Waals surface area contributed by atoms with Crippen molar-refractivity contribution in [2.75, 3.05) is 0 Å². The summed E-state index contributed by atoms with van der Waals surface area (Å²) >= 11 is 0. The molecule has 3 aliphatic rings. The summed E-state index contributed by atoms with van der Waals surface area (Å²) in [6.07, 6.45) is 1.43. The van der Waals surface area contributed by atoms with E-state index in [1.165, 1.54) is 6.07 Å². The number of esters is 1. The molecule has 0 amide bonds. The lowest BCUT2D eigenvalue weighted by Gasteiger charge is -2.31. The zero-order chi connectivity index (χ0) is 24.1. The molecule has 34 heavy (non-hydrogen) atoms. The summed E-state index contributed by atoms with van der Waals surface area (Å²) in [6.45, 7) is 5.73. The van der Waals surface area contributed by atoms with E-state index < -0.39 is 11.6 Å². The minimum atomic E-state index is -1.89. The minimum Gasteiger partial charge on any atom is -0.458 e. The number of carbonyl (C=O) groups excluding carboxylic acids is 1. The van der Waals surface area contributed by atoms with Crippen LogP contribution in [0.4, 0.5) is 4.39 Å². The number of hydrogen-bond donors (Lipinski definition) is 2. The molecule has 3 N–H and O–H groups in total. The summed E-state index contributed by atoms with van der Waals surface area (Å²) in [6, 6.07) is 2.88. The van der Waals surface area contributed by atoms with Crippen LogP contribution in [0, 0.1) is 5.82 Å². The number of halogens is 1. The molecule has 2 aliphatic heterocycles. The Morgan fingerprint density at radius 2 is 2.06 bits per heavy atom. The van der Waals surface area contributed by atoms with Crippen molar-refractivity contribution in [3.63, 3.8) is 0 Å². The van der Waals surface area contributed by atoms with Gasteiger partial charge in [0.25, 0.3) is 5.56 Å². The van der Waals surface area contributed by atoms with Crippen molar-refractivity contribution in [1.82, 2.24) is 9.55 Å². The number of benzene rings is 1. The van der Waals surface area contributed by atoms with Gasteiger partial charge in [-0.15, -0.1) is 0 Å². The normalized spacial score (nSPS) is 22.6. The average molecular weight is 464 g/mol. The molecule has 0 spiro atoms. The standard InChI is InChI=1S/C26H26FN3O4/c1-4-26(33)15-7-19-23-13(9-30(19)24(31)14(15)10-34-25(26)32)21-17(28)6-5-12-20(11(2)3)16(27)8-18(29-23)22(12)21/h7-8,11,17,33H,4-6,9-10,28H2,1-3H3/t17-,26-/m0/s1. The maximum absolute atomic E-state index is 15.2. The summed E-state index contributed by atoms with van der Waals surface area (Å²) in [7, 11) is 0. The van der Waals surface area contributed by atoms with Crippen LogP contribution in [0.15, 0.2) is 16.9 Å². The lowest BCUT2D eigenvalue weighted by atomic mass is 9.80. The number of fused-ring (bicyclic) bond motifs is 5. The van der Waals surface area contributed by atoms with Gasteiger partial charge < -0.3 is 20.1 Å². The quantitative estimate of drug-likeness (QED) is 0.442. The van der Waals surface area contributed by atoms with Gasteiger partial charge in [0.2, 0.25) is 0 Å². The average Bonchev–Trinajstić information content (AvgIpc) is 3.16. The molecule has 176 valence electrons. The SMILES string of the molecule is CC[C@@]1(O)C(=O)OCc2c1cc1n(c2=O)Cc2c-1nc1cc(F)c(C(C)C)c3c1c2[C@@H](N)CC3. The van der Waals surface area contributed by atoms with Crippen LogP contribution in [0.3, 0.4) is 0 Å². The zero-order valence-electron chi connectivity index (χ0n) is 19.4. The third kappa shape index (κ3) is 2.55. The third-order valence-electron chi connectivity index (χ3n) is 7.77. The van der Waals surface area contributed by atoms with Gasteiger partial charge in [0.1, 0.15) is 12.4 Å². The van der Waals surface area contributed by atoms with Gasteiger partial charge in [0.05, 0.1) is 29.0 Å². The predicted octanol–water partition coefficient (Wildman–Crippen LogP) is 3.29. The van der Waals surface area contributed by atoms with Gasteiger partial charge in [-0.1, -0.05) is 20.8 Å². The first-order valence-corrected chi connectivity index (χ1v) is 11.8. The molecule has 0 unspecified atom stereocenters. The van der Waals surface area contributed by atoms with Crippen LogP contribution < -0.4 is 11.3 Å². The van der Waals surface area contributed by atoms with Crippen LogP contribution in [0.5, 0.6) is 0 Å². The molecular weight excluding hydrogens is 437 g/mol. The number of nitrogens with zero attached hydrogens (tertiary/aromatic N) is 2. The van der Waals surface area contributed by atoms with Crippen LogP contribution in [-0.4, -0.2) is 20.6 Å². The Hall–Kier alpha value is -3.10. The fraction of sp³-hybridized carbons (Fsp3) is 0.423. The van der Waals surface area contributed by atoms with Crippen LogP contribution >= 0.6 is 0 Å². The van der Waals surface area contributed by atoms with E-state index >= 15 is 4.39 Å². The Bertz CT molecular complexity index is 1490. The number of hydrogen-bond acceptors (Lipinski definition) is 6. The summed E-state index contributed by atoms with van der Waals surface area (Å²) in [5.74, 6) is -1.03. The largest absolute Gasteiger partial charge is 0.458 e. The second-order valence-electron chi connectivity index (χ2n) is 9.90. The molecule has 0 radical (unpaired) electrons. The third-order valence-corrected chi connectivity index (χ3v) is 7.77. The predicted molar refractivity (Wildman–Crippen MR) is 124 cm³/mol. The molecule has 7 nitrogen and oxygen atoms in total. The highest BCUT2D eigenvalue weighted by molar-refractivity contribution is 5.93. The van der Waals surface area contributed by atoms with E-state index in [0.29, 0.717) is 35.3 Å². The summed E-state index contributed by atoms with van der Waals surface area (Å²) in [5, 5.41) is 12.0. The molecule has 6 rings (SSSR count). The van der Waals surface area contributed by atoms with Gasteiger partial charge in [0, 0.05) is 28.6 Å². The van der Waals surface area contributed by atoms with Gasteiger partial charge in [0.15, 0.2) is 5.60 Å². The molecule has 1 aliphatic carbocycles. The Morgan fingerprint density at radius 1 is 1.29 bits per heavy atom. The second kappa shape index (κ2) is 6.96. The molecule has 1 aromatic carbocycles. The van der Waals surface area contributed by atoms with Crippen LogP contribution in [-0.2, 0) is 34.7 Å². The molecule has 0 saturated heterocycles. The van der Waals surface area contributed by atoms with Crippen LogP contribution in [0.1, 0.15) is 79.0 Å². The molecule has 4 heterocycles. The molecule has 2 atom stereocenters. The molecular formula is C26H26FN3O4. The highest BCUT2D eigenvalue weighted by Gasteiger charge is 2.45. The highest BCUT2D eigenvalue weighted by Crippen LogP contribution is 2.46. The van der Waals surface area contributed by atoms with Crippen molar-refractivity contribution in [3.8, 4) is 11.4 Å². The van der Waals surface area contributed by atoms with Crippen LogP contribution in [0.2, 0.25) is 0 Å². The number of carbonyl (C=O) groups is 1. The van der Waals surface area contributed by atoms with Crippen molar-refractivity contribution in [2.24, 2.45) is 5.73 Å². The monoisotopic (exact) mass is 463 g/mol. The van der Waals surface area contributed by atoms with Crippen LogP contribution in [0.25, 0.3) is 22.3 Å². The van der Waals surface area contributed by atoms with Crippen molar-refractivity contribution in [1.29, 1.82) is 0 Å². The van der Waals surface area contributed by atoms with E-state index in [1.807, 2.05) is 13.8 Å². The van der Waals surface area contributed by atoms with E-state index in [2.05, 4.69) is 0 Å². The van der Waals surface area contributed by atoms with Gasteiger partial charge in [-0.2, -0.15) is 0 Å². The molecule has 3 aromatic rings. The zero-order valence-corrected chi connectivity index (χ0v) is 19.4. The van der Waals surface area contributed by atoms with E-state index in [1.54, 1.807) is 17.6 Å². The first-order chi connectivity index (χ1) is 16.2. The summed E-state index contributed by atoms with van der Waals surface area (Å²) in [4.78, 5) is 30.7. The second-order valence-corrected chi connectivity index (χ2v) is 9.90. The van der Waals surface area contributed by atoms with Crippen molar-refractivity contribution in [2.45, 2.75) is 70.7 Å².